The maximum atomic E-state index is 6.20. The number of hydrogen-bond donors (Lipinski definition) is 1. The van der Waals surface area contributed by atoms with Crippen LogP contribution in [-0.2, 0) is 11.2 Å². The van der Waals surface area contributed by atoms with Gasteiger partial charge in [-0.1, -0.05) is 27.5 Å². The van der Waals surface area contributed by atoms with Crippen LogP contribution in [0.25, 0.3) is 0 Å². The Morgan fingerprint density at radius 1 is 1.43 bits per heavy atom. The van der Waals surface area contributed by atoms with Gasteiger partial charge in [0.1, 0.15) is 0 Å². The summed E-state index contributed by atoms with van der Waals surface area (Å²) < 4.78 is 6.55. The van der Waals surface area contributed by atoms with E-state index in [2.05, 4.69) is 45.1 Å². The fraction of sp³-hybridized carbons (Fsp3) is 0.467. The Bertz CT molecular complexity index is 616. The molecule has 1 aliphatic carbocycles. The Balaban J connectivity index is 1.67. The Hall–Kier alpha value is -0.850. The standard InChI is InChI=1S/C15H18BrN3OS/c1-15(8-2-3-12(15)17)14-18-13(19-20-14)9-21-11-6-4-10(16)5-7-11/h4-7,12H,2-3,8-9,17H2,1H3. The molecule has 4 nitrogen and oxygen atoms in total. The summed E-state index contributed by atoms with van der Waals surface area (Å²) in [4.78, 5) is 5.75. The Kier molecular flexibility index (Phi) is 4.38. The smallest absolute Gasteiger partial charge is 0.234 e. The summed E-state index contributed by atoms with van der Waals surface area (Å²) in [5.41, 5.74) is 6.04. The highest BCUT2D eigenvalue weighted by molar-refractivity contribution is 9.10. The molecule has 0 spiro atoms. The van der Waals surface area contributed by atoms with Crippen molar-refractivity contribution in [1.82, 2.24) is 10.1 Å². The summed E-state index contributed by atoms with van der Waals surface area (Å²) in [6.07, 6.45) is 3.18. The fourth-order valence-corrected chi connectivity index (χ4v) is 3.69. The van der Waals surface area contributed by atoms with Gasteiger partial charge in [-0.2, -0.15) is 4.98 Å². The van der Waals surface area contributed by atoms with Crippen LogP contribution in [0, 0.1) is 0 Å². The average Bonchev–Trinajstić information content (AvgIpc) is 3.07. The number of nitrogens with two attached hydrogens (primary N) is 1. The zero-order valence-corrected chi connectivity index (χ0v) is 14.3. The van der Waals surface area contributed by atoms with Crippen molar-refractivity contribution in [3.05, 3.63) is 40.5 Å². The molecule has 6 heteroatoms. The first-order chi connectivity index (χ1) is 10.1. The van der Waals surface area contributed by atoms with Gasteiger partial charge in [-0.05, 0) is 44.0 Å². The second-order valence-electron chi connectivity index (χ2n) is 5.67. The molecule has 1 aromatic heterocycles. The van der Waals surface area contributed by atoms with E-state index in [1.54, 1.807) is 11.8 Å². The molecule has 1 aliphatic rings. The predicted octanol–water partition coefficient (Wildman–Crippen LogP) is 3.89. The van der Waals surface area contributed by atoms with E-state index in [4.69, 9.17) is 10.3 Å². The third-order valence-electron chi connectivity index (χ3n) is 4.17. The number of benzene rings is 1. The SMILES string of the molecule is CC1(c2nc(CSc3ccc(Br)cc3)no2)CCCC1N. The number of rotatable bonds is 4. The Morgan fingerprint density at radius 3 is 2.86 bits per heavy atom. The first kappa shape index (κ1) is 15.1. The molecule has 0 radical (unpaired) electrons. The van der Waals surface area contributed by atoms with E-state index >= 15 is 0 Å². The monoisotopic (exact) mass is 367 g/mol. The molecule has 112 valence electrons. The molecule has 2 N–H and O–H groups in total. The number of nitrogens with zero attached hydrogens (tertiary/aromatic N) is 2. The van der Waals surface area contributed by atoms with Crippen LogP contribution in [0.3, 0.4) is 0 Å². The third kappa shape index (κ3) is 3.17. The summed E-state index contributed by atoms with van der Waals surface area (Å²) in [6, 6.07) is 8.32. The summed E-state index contributed by atoms with van der Waals surface area (Å²) in [7, 11) is 0. The van der Waals surface area contributed by atoms with Crippen LogP contribution in [0.2, 0.25) is 0 Å². The lowest BCUT2D eigenvalue weighted by atomic mass is 9.85. The van der Waals surface area contributed by atoms with Crippen molar-refractivity contribution < 1.29 is 4.52 Å². The van der Waals surface area contributed by atoms with E-state index in [0.717, 1.165) is 29.6 Å². The minimum atomic E-state index is -0.159. The largest absolute Gasteiger partial charge is 0.339 e. The first-order valence-electron chi connectivity index (χ1n) is 7.05. The molecule has 2 atom stereocenters. The molecule has 21 heavy (non-hydrogen) atoms. The van der Waals surface area contributed by atoms with E-state index in [9.17, 15) is 0 Å². The minimum Gasteiger partial charge on any atom is -0.339 e. The summed E-state index contributed by atoms with van der Waals surface area (Å²) >= 11 is 5.13. The van der Waals surface area contributed by atoms with Gasteiger partial charge in [-0.15, -0.1) is 11.8 Å². The maximum Gasteiger partial charge on any atom is 0.234 e. The molecule has 0 aliphatic heterocycles. The maximum absolute atomic E-state index is 6.20. The Morgan fingerprint density at radius 2 is 2.19 bits per heavy atom. The zero-order valence-electron chi connectivity index (χ0n) is 11.9. The van der Waals surface area contributed by atoms with Crippen molar-refractivity contribution in [3.63, 3.8) is 0 Å². The van der Waals surface area contributed by atoms with Crippen molar-refractivity contribution in [2.75, 3.05) is 0 Å². The van der Waals surface area contributed by atoms with Crippen molar-refractivity contribution in [3.8, 4) is 0 Å². The fourth-order valence-electron chi connectivity index (χ4n) is 2.68. The third-order valence-corrected chi connectivity index (χ3v) is 5.70. The summed E-state index contributed by atoms with van der Waals surface area (Å²) in [6.45, 7) is 2.13. The molecule has 0 bridgehead atoms. The lowest BCUT2D eigenvalue weighted by Gasteiger charge is -2.23. The van der Waals surface area contributed by atoms with Gasteiger partial charge >= 0.3 is 0 Å². The van der Waals surface area contributed by atoms with Crippen LogP contribution in [0.15, 0.2) is 38.2 Å². The minimum absolute atomic E-state index is 0.116. The van der Waals surface area contributed by atoms with Crippen molar-refractivity contribution in [2.45, 2.75) is 48.3 Å². The summed E-state index contributed by atoms with van der Waals surface area (Å²) in [5, 5.41) is 4.10. The normalized spacial score (nSPS) is 25.4. The zero-order chi connectivity index (χ0) is 14.9. The molecule has 1 aromatic carbocycles. The van der Waals surface area contributed by atoms with E-state index in [-0.39, 0.29) is 11.5 Å². The number of thioether (sulfide) groups is 1. The second-order valence-corrected chi connectivity index (χ2v) is 7.64. The molecular weight excluding hydrogens is 350 g/mol. The van der Waals surface area contributed by atoms with E-state index < -0.39 is 0 Å². The highest BCUT2D eigenvalue weighted by atomic mass is 79.9. The molecule has 0 saturated heterocycles. The molecular formula is C15H18BrN3OS. The molecule has 0 amide bonds. The van der Waals surface area contributed by atoms with Crippen LogP contribution in [0.5, 0.6) is 0 Å². The topological polar surface area (TPSA) is 64.9 Å². The lowest BCUT2D eigenvalue weighted by molar-refractivity contribution is 0.277. The molecule has 2 aromatic rings. The number of aromatic nitrogens is 2. The predicted molar refractivity (Wildman–Crippen MR) is 87.2 cm³/mol. The van der Waals surface area contributed by atoms with Gasteiger partial charge in [0.05, 0.1) is 11.2 Å². The van der Waals surface area contributed by atoms with Gasteiger partial charge < -0.3 is 10.3 Å². The van der Waals surface area contributed by atoms with Crippen LogP contribution in [0.4, 0.5) is 0 Å². The molecule has 1 fully saturated rings. The van der Waals surface area contributed by atoms with Crippen LogP contribution in [-0.4, -0.2) is 16.2 Å². The van der Waals surface area contributed by atoms with Gasteiger partial charge in [-0.3, -0.25) is 0 Å². The molecule has 2 unspecified atom stereocenters. The van der Waals surface area contributed by atoms with Gasteiger partial charge in [0.25, 0.3) is 0 Å². The number of halogens is 1. The van der Waals surface area contributed by atoms with Crippen LogP contribution in [0.1, 0.15) is 37.9 Å². The van der Waals surface area contributed by atoms with Crippen LogP contribution >= 0.6 is 27.7 Å². The molecule has 1 saturated carbocycles. The van der Waals surface area contributed by atoms with E-state index in [0.29, 0.717) is 11.6 Å². The summed E-state index contributed by atoms with van der Waals surface area (Å²) in [5.74, 6) is 2.13. The average molecular weight is 368 g/mol. The van der Waals surface area contributed by atoms with Gasteiger partial charge in [0.2, 0.25) is 5.89 Å². The van der Waals surface area contributed by atoms with Gasteiger partial charge in [-0.25, -0.2) is 0 Å². The van der Waals surface area contributed by atoms with Crippen molar-refractivity contribution >= 4 is 27.7 Å². The van der Waals surface area contributed by atoms with E-state index in [1.165, 1.54) is 4.90 Å². The lowest BCUT2D eigenvalue weighted by Crippen LogP contribution is -2.38. The highest BCUT2D eigenvalue weighted by Crippen LogP contribution is 2.39. The van der Waals surface area contributed by atoms with Crippen LogP contribution < -0.4 is 5.73 Å². The second kappa shape index (κ2) is 6.10. The van der Waals surface area contributed by atoms with Crippen molar-refractivity contribution in [2.24, 2.45) is 5.73 Å². The quantitative estimate of drug-likeness (QED) is 0.830. The van der Waals surface area contributed by atoms with Crippen molar-refractivity contribution in [1.29, 1.82) is 0 Å². The molecule has 1 heterocycles. The number of hydrogen-bond acceptors (Lipinski definition) is 5. The van der Waals surface area contributed by atoms with E-state index in [1.807, 2.05) is 12.1 Å². The molecule has 3 rings (SSSR count). The first-order valence-corrected chi connectivity index (χ1v) is 8.83. The highest BCUT2D eigenvalue weighted by Gasteiger charge is 2.42. The Labute approximate surface area is 137 Å². The van der Waals surface area contributed by atoms with Gasteiger partial charge in [0.15, 0.2) is 5.82 Å². The van der Waals surface area contributed by atoms with Gasteiger partial charge in [0, 0.05) is 15.4 Å².